The molecule has 0 aliphatic carbocycles. The lowest BCUT2D eigenvalue weighted by molar-refractivity contribution is 0.318. The van der Waals surface area contributed by atoms with Crippen molar-refractivity contribution in [3.63, 3.8) is 0 Å². The van der Waals surface area contributed by atoms with Gasteiger partial charge in [-0.05, 0) is 25.7 Å². The topological polar surface area (TPSA) is 0 Å². The first kappa shape index (κ1) is 7.93. The molecule has 1 heteroatoms. The lowest BCUT2D eigenvalue weighted by Crippen LogP contribution is -1.95. The SMILES string of the molecule is CC(C)CC[C@@H](C)[18F]. The van der Waals surface area contributed by atoms with E-state index in [1.54, 1.807) is 6.92 Å². The van der Waals surface area contributed by atoms with Crippen molar-refractivity contribution in [3.8, 4) is 0 Å². The van der Waals surface area contributed by atoms with Gasteiger partial charge in [0.05, 0.1) is 6.17 Å². The van der Waals surface area contributed by atoms with Gasteiger partial charge in [-0.15, -0.1) is 0 Å². The number of rotatable bonds is 3. The van der Waals surface area contributed by atoms with Crippen molar-refractivity contribution in [2.75, 3.05) is 0 Å². The first-order valence-corrected chi connectivity index (χ1v) is 3.27. The third-order valence-electron chi connectivity index (χ3n) is 1.14. The zero-order valence-corrected chi connectivity index (χ0v) is 5.95. The number of halogens is 1. The Labute approximate surface area is 51.1 Å². The van der Waals surface area contributed by atoms with Gasteiger partial charge >= 0.3 is 0 Å². The first-order chi connectivity index (χ1) is 3.63. The molecule has 0 unspecified atom stereocenters. The van der Waals surface area contributed by atoms with Gasteiger partial charge in [-0.1, -0.05) is 13.8 Å². The molecule has 0 saturated carbocycles. The third-order valence-corrected chi connectivity index (χ3v) is 1.14. The van der Waals surface area contributed by atoms with Gasteiger partial charge < -0.3 is 0 Å². The van der Waals surface area contributed by atoms with Crippen molar-refractivity contribution < 1.29 is 4.39 Å². The Morgan fingerprint density at radius 1 is 1.12 bits per heavy atom. The lowest BCUT2D eigenvalue weighted by atomic mass is 10.1. The van der Waals surface area contributed by atoms with Crippen LogP contribution >= 0.6 is 0 Å². The molecule has 0 aliphatic rings. The number of hydrogen-bond donors (Lipinski definition) is 0. The zero-order valence-electron chi connectivity index (χ0n) is 5.95. The average Bonchev–Trinajstić information content (AvgIpc) is 1.61. The second-order valence-electron chi connectivity index (χ2n) is 2.75. The van der Waals surface area contributed by atoms with Crippen LogP contribution in [-0.4, -0.2) is 6.17 Å². The van der Waals surface area contributed by atoms with Crippen LogP contribution in [0, 0.1) is 5.92 Å². The molecular formula is C7H15F. The Bertz CT molecular complexity index is 40.3. The summed E-state index contributed by atoms with van der Waals surface area (Å²) < 4.78 is 12.1. The van der Waals surface area contributed by atoms with Crippen molar-refractivity contribution in [2.24, 2.45) is 5.92 Å². The number of alkyl halides is 1. The summed E-state index contributed by atoms with van der Waals surface area (Å²) in [5.74, 6) is 0.646. The minimum Gasteiger partial charge on any atom is -0.248 e. The lowest BCUT2D eigenvalue weighted by Gasteiger charge is -2.03. The smallest absolute Gasteiger partial charge is 0.0973 e. The molecular weight excluding hydrogens is 102 g/mol. The second-order valence-corrected chi connectivity index (χ2v) is 2.75. The monoisotopic (exact) mass is 117 g/mol. The molecule has 0 aromatic heterocycles. The summed E-state index contributed by atoms with van der Waals surface area (Å²) in [5, 5.41) is 0. The van der Waals surface area contributed by atoms with Crippen LogP contribution in [-0.2, 0) is 0 Å². The van der Waals surface area contributed by atoms with Crippen LogP contribution in [0.2, 0.25) is 0 Å². The molecule has 0 radical (unpaired) electrons. The molecule has 0 nitrogen and oxygen atoms in total. The Morgan fingerprint density at radius 3 is 1.75 bits per heavy atom. The summed E-state index contributed by atoms with van der Waals surface area (Å²) >= 11 is 0. The summed E-state index contributed by atoms with van der Waals surface area (Å²) in [6.07, 6.45) is 1.12. The fourth-order valence-corrected chi connectivity index (χ4v) is 0.563. The van der Waals surface area contributed by atoms with E-state index < -0.39 is 6.17 Å². The van der Waals surface area contributed by atoms with E-state index in [4.69, 9.17) is 0 Å². The highest BCUT2D eigenvalue weighted by atomic mass is 18.2. The zero-order chi connectivity index (χ0) is 6.57. The quantitative estimate of drug-likeness (QED) is 0.533. The standard InChI is InChI=1S/C7H15F/c1-6(2)4-5-7(3)8/h6-7H,4-5H2,1-3H3/t7-/m1/s1/i8-1. The van der Waals surface area contributed by atoms with E-state index in [0.29, 0.717) is 5.92 Å². The van der Waals surface area contributed by atoms with Crippen LogP contribution in [0.15, 0.2) is 0 Å². The second kappa shape index (κ2) is 3.88. The highest BCUT2D eigenvalue weighted by Gasteiger charge is 1.98. The average molecular weight is 117 g/mol. The van der Waals surface area contributed by atoms with Gasteiger partial charge in [0.25, 0.3) is 0 Å². The molecule has 8 heavy (non-hydrogen) atoms. The van der Waals surface area contributed by atoms with Gasteiger partial charge in [0.1, 0.15) is 0 Å². The van der Waals surface area contributed by atoms with Gasteiger partial charge in [0.2, 0.25) is 0 Å². The van der Waals surface area contributed by atoms with Gasteiger partial charge in [0.15, 0.2) is 0 Å². The predicted molar refractivity (Wildman–Crippen MR) is 34.6 cm³/mol. The van der Waals surface area contributed by atoms with Gasteiger partial charge in [-0.3, -0.25) is 0 Å². The molecule has 0 aromatic carbocycles. The van der Waals surface area contributed by atoms with Crippen molar-refractivity contribution in [1.29, 1.82) is 0 Å². The van der Waals surface area contributed by atoms with Crippen LogP contribution in [0.25, 0.3) is 0 Å². The molecule has 0 saturated heterocycles. The molecule has 0 fully saturated rings. The fraction of sp³-hybridized carbons (Fsp3) is 1.00. The van der Waals surface area contributed by atoms with Crippen LogP contribution in [0.4, 0.5) is 4.39 Å². The Hall–Kier alpha value is -0.0700. The third kappa shape index (κ3) is 5.93. The Kier molecular flexibility index (Phi) is 3.84. The maximum absolute atomic E-state index is 12.1. The summed E-state index contributed by atoms with van der Waals surface area (Å²) in [6, 6.07) is 0. The normalized spacial score (nSPS) is 14.6. The highest BCUT2D eigenvalue weighted by molar-refractivity contribution is 4.50. The summed E-state index contributed by atoms with van der Waals surface area (Å²) in [7, 11) is 0. The van der Waals surface area contributed by atoms with Crippen LogP contribution in [0.5, 0.6) is 0 Å². The van der Waals surface area contributed by atoms with E-state index in [0.717, 1.165) is 12.8 Å². The molecule has 0 aliphatic heterocycles. The molecule has 0 bridgehead atoms. The molecule has 50 valence electrons. The van der Waals surface area contributed by atoms with Gasteiger partial charge in [-0.25, -0.2) is 4.39 Å². The van der Waals surface area contributed by atoms with Crippen molar-refractivity contribution >= 4 is 0 Å². The summed E-state index contributed by atoms with van der Waals surface area (Å²) in [4.78, 5) is 0. The molecule has 0 aromatic rings. The van der Waals surface area contributed by atoms with E-state index in [9.17, 15) is 4.39 Å². The maximum Gasteiger partial charge on any atom is 0.0973 e. The van der Waals surface area contributed by atoms with Crippen LogP contribution in [0.1, 0.15) is 33.6 Å². The highest BCUT2D eigenvalue weighted by Crippen LogP contribution is 2.07. The minimum absolute atomic E-state index is 0.614. The van der Waals surface area contributed by atoms with Crippen LogP contribution in [0.3, 0.4) is 0 Å². The van der Waals surface area contributed by atoms with Gasteiger partial charge in [0, 0.05) is 0 Å². The van der Waals surface area contributed by atoms with E-state index >= 15 is 0 Å². The largest absolute Gasteiger partial charge is 0.248 e. The van der Waals surface area contributed by atoms with E-state index in [-0.39, 0.29) is 0 Å². The molecule has 0 spiro atoms. The summed E-state index contributed by atoms with van der Waals surface area (Å²) in [5.41, 5.74) is 0. The molecule has 0 rings (SSSR count). The fourth-order valence-electron chi connectivity index (χ4n) is 0.563. The Balaban J connectivity index is 2.93. The summed E-state index contributed by atoms with van der Waals surface area (Å²) in [6.45, 7) is 5.84. The number of hydrogen-bond acceptors (Lipinski definition) is 0. The van der Waals surface area contributed by atoms with E-state index in [1.165, 1.54) is 0 Å². The minimum atomic E-state index is -0.614. The van der Waals surface area contributed by atoms with Gasteiger partial charge in [-0.2, -0.15) is 0 Å². The predicted octanol–water partition coefficient (Wildman–Crippen LogP) is 2.78. The van der Waals surface area contributed by atoms with E-state index in [1.807, 2.05) is 0 Å². The van der Waals surface area contributed by atoms with Crippen molar-refractivity contribution in [3.05, 3.63) is 0 Å². The van der Waals surface area contributed by atoms with Crippen molar-refractivity contribution in [1.82, 2.24) is 0 Å². The maximum atomic E-state index is 12.1. The first-order valence-electron chi connectivity index (χ1n) is 3.27. The Morgan fingerprint density at radius 2 is 1.62 bits per heavy atom. The van der Waals surface area contributed by atoms with Crippen LogP contribution < -0.4 is 0 Å². The molecule has 0 amide bonds. The molecule has 1 atom stereocenters. The van der Waals surface area contributed by atoms with Crippen molar-refractivity contribution in [2.45, 2.75) is 39.8 Å². The molecule has 0 N–H and O–H groups in total. The molecule has 0 heterocycles. The van der Waals surface area contributed by atoms with E-state index in [2.05, 4.69) is 13.8 Å².